The zero-order valence-electron chi connectivity index (χ0n) is 14.3. The van der Waals surface area contributed by atoms with E-state index >= 15 is 0 Å². The number of amides is 1. The Morgan fingerprint density at radius 3 is 2.76 bits per heavy atom. The molecular formula is C19H24N4O2. The second-order valence-electron chi connectivity index (χ2n) is 7.26. The van der Waals surface area contributed by atoms with Crippen molar-refractivity contribution < 1.29 is 9.90 Å². The van der Waals surface area contributed by atoms with Crippen molar-refractivity contribution in [3.8, 4) is 11.4 Å². The predicted molar refractivity (Wildman–Crippen MR) is 93.5 cm³/mol. The van der Waals surface area contributed by atoms with Crippen LogP contribution in [0.4, 0.5) is 0 Å². The van der Waals surface area contributed by atoms with Gasteiger partial charge in [0.25, 0.3) is 0 Å². The van der Waals surface area contributed by atoms with Crippen molar-refractivity contribution in [1.82, 2.24) is 20.1 Å². The van der Waals surface area contributed by atoms with Crippen molar-refractivity contribution in [3.63, 3.8) is 0 Å². The quantitative estimate of drug-likeness (QED) is 0.896. The van der Waals surface area contributed by atoms with Crippen LogP contribution in [0, 0.1) is 0 Å². The fourth-order valence-electron chi connectivity index (χ4n) is 4.08. The number of rotatable bonds is 4. The number of aromatic nitrogens is 3. The summed E-state index contributed by atoms with van der Waals surface area (Å²) in [6.07, 6.45) is 5.55. The summed E-state index contributed by atoms with van der Waals surface area (Å²) in [4.78, 5) is 19.3. The molecule has 0 radical (unpaired) electrons. The van der Waals surface area contributed by atoms with Crippen LogP contribution in [-0.2, 0) is 4.79 Å². The predicted octanol–water partition coefficient (Wildman–Crippen LogP) is 2.83. The average molecular weight is 340 g/mol. The molecule has 132 valence electrons. The molecule has 6 nitrogen and oxygen atoms in total. The molecule has 1 unspecified atom stereocenters. The van der Waals surface area contributed by atoms with Gasteiger partial charge >= 0.3 is 0 Å². The summed E-state index contributed by atoms with van der Waals surface area (Å²) in [5, 5.41) is 17.9. The van der Waals surface area contributed by atoms with Crippen LogP contribution in [0.1, 0.15) is 56.8 Å². The molecule has 1 aliphatic heterocycles. The van der Waals surface area contributed by atoms with E-state index in [-0.39, 0.29) is 18.4 Å². The Bertz CT molecular complexity index is 737. The molecule has 4 rings (SSSR count). The highest BCUT2D eigenvalue weighted by Crippen LogP contribution is 2.36. The SMILES string of the molecule is O=C(CC1(O)CCCC1)N1CCCC1c1nc(-c2ccccc2)n[nH]1. The van der Waals surface area contributed by atoms with Crippen LogP contribution in [0.25, 0.3) is 11.4 Å². The van der Waals surface area contributed by atoms with Gasteiger partial charge in [-0.15, -0.1) is 0 Å². The Labute approximate surface area is 147 Å². The molecular weight excluding hydrogens is 316 g/mol. The molecule has 2 aromatic rings. The van der Waals surface area contributed by atoms with Crippen LogP contribution in [0.5, 0.6) is 0 Å². The summed E-state index contributed by atoms with van der Waals surface area (Å²) in [7, 11) is 0. The van der Waals surface area contributed by atoms with Crippen molar-refractivity contribution in [1.29, 1.82) is 0 Å². The van der Waals surface area contributed by atoms with Gasteiger partial charge in [-0.1, -0.05) is 43.2 Å². The second-order valence-corrected chi connectivity index (χ2v) is 7.26. The molecule has 6 heteroatoms. The molecule has 1 amide bonds. The molecule has 2 aliphatic rings. The van der Waals surface area contributed by atoms with Gasteiger partial charge in [0.1, 0.15) is 5.82 Å². The largest absolute Gasteiger partial charge is 0.389 e. The number of hydrogen-bond acceptors (Lipinski definition) is 4. The number of nitrogens with one attached hydrogen (secondary N) is 1. The Balaban J connectivity index is 1.50. The summed E-state index contributed by atoms with van der Waals surface area (Å²) >= 11 is 0. The van der Waals surface area contributed by atoms with Gasteiger partial charge in [0, 0.05) is 12.1 Å². The second kappa shape index (κ2) is 6.59. The average Bonchev–Trinajstić information content (AvgIpc) is 3.35. The summed E-state index contributed by atoms with van der Waals surface area (Å²) < 4.78 is 0. The lowest BCUT2D eigenvalue weighted by molar-refractivity contribution is -0.137. The van der Waals surface area contributed by atoms with Crippen molar-refractivity contribution in [2.75, 3.05) is 6.54 Å². The number of hydrogen-bond donors (Lipinski definition) is 2. The molecule has 2 fully saturated rings. The minimum atomic E-state index is -0.805. The minimum absolute atomic E-state index is 0.0320. The van der Waals surface area contributed by atoms with E-state index in [9.17, 15) is 9.90 Å². The van der Waals surface area contributed by atoms with E-state index in [2.05, 4.69) is 15.2 Å². The molecule has 2 N–H and O–H groups in total. The van der Waals surface area contributed by atoms with E-state index in [1.165, 1.54) is 0 Å². The van der Waals surface area contributed by atoms with Gasteiger partial charge in [0.15, 0.2) is 5.82 Å². The lowest BCUT2D eigenvalue weighted by Gasteiger charge is -2.28. The molecule has 1 aromatic carbocycles. The maximum atomic E-state index is 12.8. The van der Waals surface area contributed by atoms with Crippen LogP contribution in [-0.4, -0.2) is 43.2 Å². The number of benzene rings is 1. The van der Waals surface area contributed by atoms with Crippen molar-refractivity contribution in [3.05, 3.63) is 36.2 Å². The van der Waals surface area contributed by atoms with E-state index in [0.717, 1.165) is 56.5 Å². The highest BCUT2D eigenvalue weighted by molar-refractivity contribution is 5.78. The maximum Gasteiger partial charge on any atom is 0.226 e. The number of nitrogens with zero attached hydrogens (tertiary/aromatic N) is 3. The number of carbonyl (C=O) groups is 1. The van der Waals surface area contributed by atoms with Crippen LogP contribution in [0.2, 0.25) is 0 Å². The fourth-order valence-corrected chi connectivity index (χ4v) is 4.08. The fraction of sp³-hybridized carbons (Fsp3) is 0.526. The highest BCUT2D eigenvalue weighted by atomic mass is 16.3. The third kappa shape index (κ3) is 3.31. The van der Waals surface area contributed by atoms with E-state index in [0.29, 0.717) is 5.82 Å². The molecule has 1 aliphatic carbocycles. The Morgan fingerprint density at radius 2 is 2.00 bits per heavy atom. The van der Waals surface area contributed by atoms with Gasteiger partial charge in [-0.25, -0.2) is 4.98 Å². The van der Waals surface area contributed by atoms with Gasteiger partial charge < -0.3 is 10.0 Å². The summed E-state index contributed by atoms with van der Waals surface area (Å²) in [6, 6.07) is 9.75. The molecule has 1 saturated carbocycles. The van der Waals surface area contributed by atoms with Gasteiger partial charge in [0.05, 0.1) is 18.1 Å². The molecule has 1 saturated heterocycles. The molecule has 2 heterocycles. The van der Waals surface area contributed by atoms with Gasteiger partial charge in [-0.3, -0.25) is 9.89 Å². The van der Waals surface area contributed by atoms with E-state index in [1.54, 1.807) is 0 Å². The van der Waals surface area contributed by atoms with Crippen LogP contribution < -0.4 is 0 Å². The first-order valence-corrected chi connectivity index (χ1v) is 9.14. The minimum Gasteiger partial charge on any atom is -0.389 e. The lowest BCUT2D eigenvalue weighted by atomic mass is 9.97. The summed E-state index contributed by atoms with van der Waals surface area (Å²) in [6.45, 7) is 0.723. The van der Waals surface area contributed by atoms with Crippen molar-refractivity contribution >= 4 is 5.91 Å². The van der Waals surface area contributed by atoms with Crippen LogP contribution in [0.3, 0.4) is 0 Å². The van der Waals surface area contributed by atoms with Crippen molar-refractivity contribution in [2.45, 2.75) is 56.6 Å². The zero-order valence-corrected chi connectivity index (χ0v) is 14.3. The van der Waals surface area contributed by atoms with Crippen molar-refractivity contribution in [2.24, 2.45) is 0 Å². The normalized spacial score (nSPS) is 22.4. The number of likely N-dealkylation sites (tertiary alicyclic amines) is 1. The monoisotopic (exact) mass is 340 g/mol. The smallest absolute Gasteiger partial charge is 0.226 e. The Morgan fingerprint density at radius 1 is 1.24 bits per heavy atom. The maximum absolute atomic E-state index is 12.8. The molecule has 0 bridgehead atoms. The molecule has 1 aromatic heterocycles. The van der Waals surface area contributed by atoms with E-state index in [1.807, 2.05) is 35.2 Å². The van der Waals surface area contributed by atoms with Crippen LogP contribution >= 0.6 is 0 Å². The van der Waals surface area contributed by atoms with Gasteiger partial charge in [-0.2, -0.15) is 5.10 Å². The number of aliphatic hydroxyl groups is 1. The number of carbonyl (C=O) groups excluding carboxylic acids is 1. The first-order valence-electron chi connectivity index (χ1n) is 9.14. The van der Waals surface area contributed by atoms with Crippen LogP contribution in [0.15, 0.2) is 30.3 Å². The number of aromatic amines is 1. The molecule has 25 heavy (non-hydrogen) atoms. The number of H-pyrrole nitrogens is 1. The van der Waals surface area contributed by atoms with Gasteiger partial charge in [-0.05, 0) is 25.7 Å². The topological polar surface area (TPSA) is 82.1 Å². The third-order valence-corrected chi connectivity index (χ3v) is 5.44. The Hall–Kier alpha value is -2.21. The molecule has 1 atom stereocenters. The summed E-state index contributed by atoms with van der Waals surface area (Å²) in [5.41, 5.74) is 0.155. The molecule has 0 spiro atoms. The lowest BCUT2D eigenvalue weighted by Crippen LogP contribution is -2.38. The highest BCUT2D eigenvalue weighted by Gasteiger charge is 2.38. The van der Waals surface area contributed by atoms with E-state index < -0.39 is 5.60 Å². The summed E-state index contributed by atoms with van der Waals surface area (Å²) in [5.74, 6) is 1.43. The first kappa shape index (κ1) is 16.3. The standard InChI is InChI=1S/C19H24N4O2/c24-16(13-19(25)10-4-5-11-19)23-12-6-9-15(23)18-20-17(21-22-18)14-7-2-1-3-8-14/h1-3,7-8,15,25H,4-6,9-13H2,(H,20,21,22). The first-order chi connectivity index (χ1) is 12.1. The third-order valence-electron chi connectivity index (χ3n) is 5.44. The van der Waals surface area contributed by atoms with Gasteiger partial charge in [0.2, 0.25) is 5.91 Å². The van der Waals surface area contributed by atoms with E-state index in [4.69, 9.17) is 0 Å². The zero-order chi connectivity index (χ0) is 17.3. The Kier molecular flexibility index (Phi) is 4.29.